The highest BCUT2D eigenvalue weighted by atomic mass is 35.5. The third kappa shape index (κ3) is 6.63. The third-order valence-electron chi connectivity index (χ3n) is 5.12. The zero-order valence-corrected chi connectivity index (χ0v) is 20.2. The van der Waals surface area contributed by atoms with Gasteiger partial charge in [0.1, 0.15) is 23.9 Å². The second-order valence-corrected chi connectivity index (χ2v) is 8.48. The molecule has 0 fully saturated rings. The number of nitrogens with one attached hydrogen (secondary N) is 1. The summed E-state index contributed by atoms with van der Waals surface area (Å²) in [6.07, 6.45) is -3.30. The lowest BCUT2D eigenvalue weighted by atomic mass is 10.0. The van der Waals surface area contributed by atoms with Gasteiger partial charge in [-0.3, -0.25) is 4.79 Å². The summed E-state index contributed by atoms with van der Waals surface area (Å²) in [7, 11) is 0. The van der Waals surface area contributed by atoms with Crippen LogP contribution in [0.3, 0.4) is 0 Å². The number of phenols is 1. The number of ether oxygens (including phenoxy) is 2. The summed E-state index contributed by atoms with van der Waals surface area (Å²) in [5.74, 6) is -0.613. The highest BCUT2D eigenvalue weighted by Crippen LogP contribution is 2.31. The van der Waals surface area contributed by atoms with Crippen LogP contribution in [0.25, 0.3) is 10.8 Å². The maximum atomic E-state index is 12.4. The number of hydrogen-bond donors (Lipinski definition) is 2. The number of aromatic hydroxyl groups is 1. The number of hydrogen-bond acceptors (Lipinski definition) is 5. The molecule has 0 aliphatic rings. The van der Waals surface area contributed by atoms with Gasteiger partial charge in [-0.1, -0.05) is 59.6 Å². The van der Waals surface area contributed by atoms with E-state index in [1.807, 2.05) is 24.3 Å². The lowest BCUT2D eigenvalue weighted by molar-refractivity contribution is -0.274. The Labute approximate surface area is 218 Å². The molecule has 0 heterocycles. The number of carbonyl (C=O) groups excluding carboxylic acids is 1. The molecule has 4 aromatic carbocycles. The molecule has 0 aromatic heterocycles. The van der Waals surface area contributed by atoms with E-state index in [4.69, 9.17) is 27.9 Å². The molecule has 190 valence electrons. The van der Waals surface area contributed by atoms with Crippen molar-refractivity contribution < 1.29 is 32.5 Å². The molecule has 0 spiro atoms. The molecule has 4 aromatic rings. The molecular weight excluding hydrogens is 532 g/mol. The second-order valence-electron chi connectivity index (χ2n) is 7.66. The second kappa shape index (κ2) is 11.0. The van der Waals surface area contributed by atoms with E-state index >= 15 is 0 Å². The van der Waals surface area contributed by atoms with E-state index < -0.39 is 12.3 Å². The van der Waals surface area contributed by atoms with Crippen molar-refractivity contribution in [2.45, 2.75) is 13.0 Å². The quantitative estimate of drug-likeness (QED) is 0.191. The van der Waals surface area contributed by atoms with Crippen molar-refractivity contribution in [3.8, 4) is 17.2 Å². The highest BCUT2D eigenvalue weighted by molar-refractivity contribution is 6.36. The first-order valence-electron chi connectivity index (χ1n) is 10.6. The molecule has 0 unspecified atom stereocenters. The van der Waals surface area contributed by atoms with Crippen LogP contribution in [0.4, 0.5) is 13.2 Å². The zero-order valence-electron chi connectivity index (χ0n) is 18.7. The van der Waals surface area contributed by atoms with Gasteiger partial charge >= 0.3 is 6.36 Å². The summed E-state index contributed by atoms with van der Waals surface area (Å²) in [6, 6.07) is 18.7. The van der Waals surface area contributed by atoms with Gasteiger partial charge in [-0.2, -0.15) is 5.10 Å². The maximum Gasteiger partial charge on any atom is 0.573 e. The van der Waals surface area contributed by atoms with Crippen molar-refractivity contribution >= 4 is 46.1 Å². The first kappa shape index (κ1) is 26.1. The van der Waals surface area contributed by atoms with Crippen molar-refractivity contribution in [3.05, 3.63) is 99.5 Å². The van der Waals surface area contributed by atoms with Gasteiger partial charge in [0.15, 0.2) is 0 Å². The van der Waals surface area contributed by atoms with Crippen molar-refractivity contribution in [2.75, 3.05) is 0 Å². The molecule has 0 saturated carbocycles. The molecule has 0 aliphatic heterocycles. The Kier molecular flexibility index (Phi) is 7.75. The van der Waals surface area contributed by atoms with E-state index in [9.17, 15) is 23.1 Å². The Balaban J connectivity index is 1.47. The van der Waals surface area contributed by atoms with Crippen LogP contribution >= 0.6 is 23.2 Å². The zero-order chi connectivity index (χ0) is 26.6. The smallest absolute Gasteiger partial charge is 0.506 e. The summed E-state index contributed by atoms with van der Waals surface area (Å²) in [4.78, 5) is 12.4. The fraction of sp³-hybridized carbons (Fsp3) is 0.0769. The minimum atomic E-state index is -4.75. The molecular formula is C26H17Cl2F3N2O4. The summed E-state index contributed by atoms with van der Waals surface area (Å²) in [5.41, 5.74) is 3.76. The van der Waals surface area contributed by atoms with Crippen molar-refractivity contribution in [3.63, 3.8) is 0 Å². The van der Waals surface area contributed by atoms with Gasteiger partial charge in [0.05, 0.1) is 21.8 Å². The predicted molar refractivity (Wildman–Crippen MR) is 135 cm³/mol. The number of benzene rings is 4. The Morgan fingerprint density at radius 2 is 1.68 bits per heavy atom. The Morgan fingerprint density at radius 1 is 0.973 bits per heavy atom. The number of alkyl halides is 3. The van der Waals surface area contributed by atoms with Crippen LogP contribution in [0.2, 0.25) is 10.0 Å². The fourth-order valence-electron chi connectivity index (χ4n) is 3.41. The van der Waals surface area contributed by atoms with Gasteiger partial charge in [0, 0.05) is 17.0 Å². The SMILES string of the molecule is O=C(NN=Cc1ccc(OCc2ccc(OC(F)(F)F)cc2)c2ccccc12)c1cc(Cl)c(O)cc1Cl. The number of nitrogens with zero attached hydrogens (tertiary/aromatic N) is 1. The Hall–Kier alpha value is -3.95. The van der Waals surface area contributed by atoms with Crippen LogP contribution in [0.5, 0.6) is 17.2 Å². The average Bonchev–Trinajstić information content (AvgIpc) is 2.85. The van der Waals surface area contributed by atoms with Crippen LogP contribution in [0.1, 0.15) is 21.5 Å². The number of halogens is 5. The maximum absolute atomic E-state index is 12.4. The summed E-state index contributed by atoms with van der Waals surface area (Å²) >= 11 is 11.8. The molecule has 2 N–H and O–H groups in total. The van der Waals surface area contributed by atoms with Gasteiger partial charge in [-0.25, -0.2) is 5.43 Å². The molecule has 6 nitrogen and oxygen atoms in total. The normalized spacial score (nSPS) is 11.6. The van der Waals surface area contributed by atoms with Crippen LogP contribution in [-0.2, 0) is 6.61 Å². The molecule has 1 amide bonds. The first-order valence-corrected chi connectivity index (χ1v) is 11.4. The van der Waals surface area contributed by atoms with Gasteiger partial charge in [-0.15, -0.1) is 13.2 Å². The van der Waals surface area contributed by atoms with Crippen molar-refractivity contribution in [2.24, 2.45) is 5.10 Å². The largest absolute Gasteiger partial charge is 0.573 e. The standard InChI is InChI=1S/C26H17Cl2F3N2O4/c27-21-12-23(34)22(28)11-20(21)25(35)33-32-13-16-7-10-24(19-4-2-1-3-18(16)19)36-14-15-5-8-17(9-6-15)37-26(29,30)31/h1-13,34H,14H2,(H,33,35). The number of rotatable bonds is 7. The van der Waals surface area contributed by atoms with Gasteiger partial charge in [0.2, 0.25) is 0 Å². The fourth-order valence-corrected chi connectivity index (χ4v) is 3.82. The van der Waals surface area contributed by atoms with E-state index in [-0.39, 0.29) is 33.7 Å². The Bertz CT molecular complexity index is 1480. The third-order valence-corrected chi connectivity index (χ3v) is 5.74. The summed E-state index contributed by atoms with van der Waals surface area (Å²) < 4.78 is 46.8. The highest BCUT2D eigenvalue weighted by Gasteiger charge is 2.30. The minimum absolute atomic E-state index is 0.0177. The average molecular weight is 549 g/mol. The molecule has 11 heteroatoms. The van der Waals surface area contributed by atoms with E-state index in [1.165, 1.54) is 42.6 Å². The van der Waals surface area contributed by atoms with E-state index in [1.54, 1.807) is 12.1 Å². The molecule has 0 saturated heterocycles. The van der Waals surface area contributed by atoms with Crippen LogP contribution in [0, 0.1) is 0 Å². The van der Waals surface area contributed by atoms with Crippen LogP contribution in [-0.4, -0.2) is 23.6 Å². The number of fused-ring (bicyclic) bond motifs is 1. The minimum Gasteiger partial charge on any atom is -0.506 e. The summed E-state index contributed by atoms with van der Waals surface area (Å²) in [6.45, 7) is 0.121. The number of phenolic OH excluding ortho intramolecular Hbond substituents is 1. The molecule has 37 heavy (non-hydrogen) atoms. The van der Waals surface area contributed by atoms with Crippen LogP contribution in [0.15, 0.2) is 77.9 Å². The van der Waals surface area contributed by atoms with Crippen molar-refractivity contribution in [1.29, 1.82) is 0 Å². The number of carbonyl (C=O) groups is 1. The number of hydrazone groups is 1. The van der Waals surface area contributed by atoms with Crippen LogP contribution < -0.4 is 14.9 Å². The lowest BCUT2D eigenvalue weighted by Gasteiger charge is -2.12. The number of amides is 1. The monoisotopic (exact) mass is 548 g/mol. The molecule has 0 atom stereocenters. The van der Waals surface area contributed by atoms with E-state index in [0.29, 0.717) is 16.9 Å². The van der Waals surface area contributed by atoms with Gasteiger partial charge in [0.25, 0.3) is 5.91 Å². The van der Waals surface area contributed by atoms with E-state index in [0.717, 1.165) is 10.8 Å². The van der Waals surface area contributed by atoms with Gasteiger partial charge in [-0.05, 0) is 41.3 Å². The molecule has 0 bridgehead atoms. The molecule has 0 aliphatic carbocycles. The summed E-state index contributed by atoms with van der Waals surface area (Å²) in [5, 5.41) is 15.1. The first-order chi connectivity index (χ1) is 17.6. The van der Waals surface area contributed by atoms with Gasteiger partial charge < -0.3 is 14.6 Å². The molecule has 4 rings (SSSR count). The Morgan fingerprint density at radius 3 is 2.38 bits per heavy atom. The van der Waals surface area contributed by atoms with Crippen molar-refractivity contribution in [1.82, 2.24) is 5.43 Å². The predicted octanol–water partition coefficient (Wildman–Crippen LogP) is 7.09. The topological polar surface area (TPSA) is 80.2 Å². The molecule has 0 radical (unpaired) electrons. The lowest BCUT2D eigenvalue weighted by Crippen LogP contribution is -2.18. The van der Waals surface area contributed by atoms with E-state index in [2.05, 4.69) is 15.3 Å².